The summed E-state index contributed by atoms with van der Waals surface area (Å²) in [7, 11) is 0. The molecule has 1 heterocycles. The zero-order valence-corrected chi connectivity index (χ0v) is 10.3. The number of nitrogen functional groups attached to an aromatic ring is 1. The number of rotatable bonds is 1. The van der Waals surface area contributed by atoms with Crippen molar-refractivity contribution < 1.29 is 4.79 Å². The molecule has 2 aromatic rings. The molecule has 0 fully saturated rings. The SMILES string of the molecule is Cl.N=C(N)NC(=O)c1cc2cc(N)ccc2s1. The molecule has 1 amide bonds. The number of benzene rings is 1. The Balaban J connectivity index is 0.00000144. The van der Waals surface area contributed by atoms with Crippen molar-refractivity contribution in [2.45, 2.75) is 0 Å². The lowest BCUT2D eigenvalue weighted by Gasteiger charge is -1.97. The molecule has 0 radical (unpaired) electrons. The monoisotopic (exact) mass is 270 g/mol. The molecule has 0 saturated heterocycles. The maximum absolute atomic E-state index is 11.6. The standard InChI is InChI=1S/C10H10N4OS.ClH/c11-6-1-2-7-5(3-6)4-8(16-7)9(15)14-10(12)13;/h1-4H,11H2,(H4,12,13,14,15);1H. The summed E-state index contributed by atoms with van der Waals surface area (Å²) >= 11 is 1.34. The van der Waals surface area contributed by atoms with E-state index in [1.54, 1.807) is 18.2 Å². The van der Waals surface area contributed by atoms with E-state index in [9.17, 15) is 4.79 Å². The number of fused-ring (bicyclic) bond motifs is 1. The van der Waals surface area contributed by atoms with E-state index in [4.69, 9.17) is 16.9 Å². The van der Waals surface area contributed by atoms with E-state index in [1.165, 1.54) is 11.3 Å². The highest BCUT2D eigenvalue weighted by Crippen LogP contribution is 2.27. The molecular formula is C10H11ClN4OS. The Hall–Kier alpha value is -1.79. The second kappa shape index (κ2) is 5.03. The van der Waals surface area contributed by atoms with Crippen molar-refractivity contribution in [3.8, 4) is 0 Å². The Labute approximate surface area is 108 Å². The maximum atomic E-state index is 11.6. The molecule has 0 spiro atoms. The molecule has 6 N–H and O–H groups in total. The maximum Gasteiger partial charge on any atom is 0.268 e. The second-order valence-corrected chi connectivity index (χ2v) is 4.36. The molecule has 2 rings (SSSR count). The summed E-state index contributed by atoms with van der Waals surface area (Å²) < 4.78 is 0.975. The number of halogens is 1. The van der Waals surface area contributed by atoms with Crippen LogP contribution in [-0.2, 0) is 0 Å². The average Bonchev–Trinajstić information content (AvgIpc) is 2.59. The summed E-state index contributed by atoms with van der Waals surface area (Å²) in [5.74, 6) is -0.728. The number of guanidine groups is 1. The fourth-order valence-electron chi connectivity index (χ4n) is 1.36. The van der Waals surface area contributed by atoms with Crippen LogP contribution in [0.15, 0.2) is 24.3 Å². The molecule has 7 heteroatoms. The van der Waals surface area contributed by atoms with Gasteiger partial charge in [0.2, 0.25) is 0 Å². The Morgan fingerprint density at radius 3 is 2.71 bits per heavy atom. The lowest BCUT2D eigenvalue weighted by molar-refractivity contribution is 0.0980. The van der Waals surface area contributed by atoms with Crippen LogP contribution in [0, 0.1) is 5.41 Å². The number of hydrogen-bond acceptors (Lipinski definition) is 4. The highest BCUT2D eigenvalue weighted by atomic mass is 35.5. The topological polar surface area (TPSA) is 105 Å². The minimum absolute atomic E-state index is 0. The zero-order chi connectivity index (χ0) is 11.7. The fraction of sp³-hybridized carbons (Fsp3) is 0. The first kappa shape index (κ1) is 13.3. The van der Waals surface area contributed by atoms with E-state index >= 15 is 0 Å². The summed E-state index contributed by atoms with van der Waals surface area (Å²) in [4.78, 5) is 12.1. The molecule has 0 saturated carbocycles. The first-order valence-electron chi connectivity index (χ1n) is 4.51. The quantitative estimate of drug-likeness (QED) is 0.359. The molecule has 0 aliphatic carbocycles. The van der Waals surface area contributed by atoms with Gasteiger partial charge in [-0.3, -0.25) is 15.5 Å². The lowest BCUT2D eigenvalue weighted by Crippen LogP contribution is -2.35. The molecule has 90 valence electrons. The molecule has 0 aliphatic heterocycles. The normalized spacial score (nSPS) is 9.65. The first-order chi connectivity index (χ1) is 7.56. The summed E-state index contributed by atoms with van der Waals surface area (Å²) in [6.45, 7) is 0. The Morgan fingerprint density at radius 1 is 1.35 bits per heavy atom. The van der Waals surface area contributed by atoms with Crippen LogP contribution in [-0.4, -0.2) is 11.9 Å². The van der Waals surface area contributed by atoms with Gasteiger partial charge in [0.05, 0.1) is 4.88 Å². The minimum atomic E-state index is -0.368. The molecular weight excluding hydrogens is 260 g/mol. The third kappa shape index (κ3) is 2.86. The van der Waals surface area contributed by atoms with Gasteiger partial charge in [-0.25, -0.2) is 0 Å². The number of hydrogen-bond donors (Lipinski definition) is 4. The molecule has 1 aromatic carbocycles. The number of anilines is 1. The fourth-order valence-corrected chi connectivity index (χ4v) is 2.30. The molecule has 5 nitrogen and oxygen atoms in total. The minimum Gasteiger partial charge on any atom is -0.399 e. The van der Waals surface area contributed by atoms with Crippen LogP contribution in [0.3, 0.4) is 0 Å². The van der Waals surface area contributed by atoms with E-state index in [0.29, 0.717) is 10.6 Å². The number of thiophene rings is 1. The third-order valence-corrected chi connectivity index (χ3v) is 3.13. The molecule has 1 aromatic heterocycles. The van der Waals surface area contributed by atoms with Crippen molar-refractivity contribution in [1.29, 1.82) is 5.41 Å². The van der Waals surface area contributed by atoms with Crippen molar-refractivity contribution >= 4 is 51.4 Å². The molecule has 0 unspecified atom stereocenters. The van der Waals surface area contributed by atoms with Gasteiger partial charge in [0.1, 0.15) is 0 Å². The van der Waals surface area contributed by atoms with Crippen LogP contribution >= 0.6 is 23.7 Å². The molecule has 0 atom stereocenters. The van der Waals surface area contributed by atoms with Crippen molar-refractivity contribution in [2.75, 3.05) is 5.73 Å². The number of nitrogens with one attached hydrogen (secondary N) is 2. The van der Waals surface area contributed by atoms with Crippen LogP contribution < -0.4 is 16.8 Å². The Morgan fingerprint density at radius 2 is 2.06 bits per heavy atom. The largest absolute Gasteiger partial charge is 0.399 e. The Bertz CT molecular complexity index is 581. The van der Waals surface area contributed by atoms with Gasteiger partial charge in [-0.15, -0.1) is 23.7 Å². The van der Waals surface area contributed by atoms with E-state index in [2.05, 4.69) is 5.32 Å². The van der Waals surface area contributed by atoms with E-state index in [-0.39, 0.29) is 24.3 Å². The first-order valence-corrected chi connectivity index (χ1v) is 5.32. The zero-order valence-electron chi connectivity index (χ0n) is 8.69. The van der Waals surface area contributed by atoms with E-state index in [1.807, 2.05) is 6.07 Å². The highest BCUT2D eigenvalue weighted by Gasteiger charge is 2.10. The van der Waals surface area contributed by atoms with Gasteiger partial charge in [0.25, 0.3) is 5.91 Å². The summed E-state index contributed by atoms with van der Waals surface area (Å²) in [6.07, 6.45) is 0. The van der Waals surface area contributed by atoms with Crippen molar-refractivity contribution in [3.05, 3.63) is 29.1 Å². The number of amides is 1. The van der Waals surface area contributed by atoms with E-state index in [0.717, 1.165) is 10.1 Å². The number of nitrogens with two attached hydrogens (primary N) is 2. The van der Waals surface area contributed by atoms with Crippen LogP contribution in [0.2, 0.25) is 0 Å². The van der Waals surface area contributed by atoms with Crippen LogP contribution in [0.25, 0.3) is 10.1 Å². The van der Waals surface area contributed by atoms with Crippen LogP contribution in [0.5, 0.6) is 0 Å². The summed E-state index contributed by atoms with van der Waals surface area (Å²) in [5, 5.41) is 10.1. The van der Waals surface area contributed by atoms with Crippen LogP contribution in [0.1, 0.15) is 9.67 Å². The predicted octanol–water partition coefficient (Wildman–Crippen LogP) is 1.53. The number of carbonyl (C=O) groups excluding carboxylic acids is 1. The van der Waals surface area contributed by atoms with Gasteiger partial charge in [0, 0.05) is 10.4 Å². The number of carbonyl (C=O) groups is 1. The summed E-state index contributed by atoms with van der Waals surface area (Å²) in [6, 6.07) is 7.18. The van der Waals surface area contributed by atoms with Gasteiger partial charge >= 0.3 is 0 Å². The van der Waals surface area contributed by atoms with Gasteiger partial charge in [-0.1, -0.05) is 0 Å². The van der Waals surface area contributed by atoms with Gasteiger partial charge in [0.15, 0.2) is 5.96 Å². The third-order valence-electron chi connectivity index (χ3n) is 2.01. The average molecular weight is 271 g/mol. The Kier molecular flexibility index (Phi) is 3.93. The molecule has 17 heavy (non-hydrogen) atoms. The predicted molar refractivity (Wildman–Crippen MR) is 72.9 cm³/mol. The van der Waals surface area contributed by atoms with E-state index < -0.39 is 0 Å². The highest BCUT2D eigenvalue weighted by molar-refractivity contribution is 7.20. The smallest absolute Gasteiger partial charge is 0.268 e. The van der Waals surface area contributed by atoms with Crippen molar-refractivity contribution in [1.82, 2.24) is 5.32 Å². The second-order valence-electron chi connectivity index (χ2n) is 3.28. The van der Waals surface area contributed by atoms with Gasteiger partial charge in [-0.2, -0.15) is 0 Å². The molecule has 0 aliphatic rings. The van der Waals surface area contributed by atoms with Gasteiger partial charge in [-0.05, 0) is 29.7 Å². The van der Waals surface area contributed by atoms with Crippen molar-refractivity contribution in [3.63, 3.8) is 0 Å². The molecule has 0 bridgehead atoms. The lowest BCUT2D eigenvalue weighted by atomic mass is 10.2. The summed E-state index contributed by atoms with van der Waals surface area (Å²) in [5.41, 5.74) is 11.4. The van der Waals surface area contributed by atoms with Gasteiger partial charge < -0.3 is 11.5 Å². The van der Waals surface area contributed by atoms with Crippen LogP contribution in [0.4, 0.5) is 5.69 Å². The van der Waals surface area contributed by atoms with Crippen molar-refractivity contribution in [2.24, 2.45) is 5.73 Å².